The Hall–Kier alpha value is -4.17. The lowest BCUT2D eigenvalue weighted by molar-refractivity contribution is -0.126. The van der Waals surface area contributed by atoms with Gasteiger partial charge in [0.25, 0.3) is 11.8 Å². The summed E-state index contributed by atoms with van der Waals surface area (Å²) in [4.78, 5) is 45.6. The first kappa shape index (κ1) is 30.8. The zero-order valence-electron chi connectivity index (χ0n) is 22.7. The minimum Gasteiger partial charge on any atom is -0.344 e. The van der Waals surface area contributed by atoms with Crippen molar-refractivity contribution in [2.75, 3.05) is 5.75 Å². The molecule has 0 saturated heterocycles. The Labute approximate surface area is 259 Å². The molecule has 0 spiro atoms. The highest BCUT2D eigenvalue weighted by atomic mass is 35.5. The summed E-state index contributed by atoms with van der Waals surface area (Å²) < 4.78 is 0. The van der Waals surface area contributed by atoms with Crippen LogP contribution in [0.1, 0.15) is 29.7 Å². The zero-order valence-corrected chi connectivity index (χ0v) is 25.0. The van der Waals surface area contributed by atoms with Crippen molar-refractivity contribution >= 4 is 63.9 Å². The molecule has 212 valence electrons. The maximum absolute atomic E-state index is 13.8. The Balaban J connectivity index is 1.62. The van der Waals surface area contributed by atoms with Crippen molar-refractivity contribution in [2.24, 2.45) is 4.99 Å². The number of carbonyl (C=O) groups is 3. The van der Waals surface area contributed by atoms with Crippen LogP contribution in [0.15, 0.2) is 126 Å². The molecule has 42 heavy (non-hydrogen) atoms. The fourth-order valence-electron chi connectivity index (χ4n) is 4.17. The molecule has 0 atom stereocenters. The number of carbonyl (C=O) groups excluding carboxylic acids is 3. The van der Waals surface area contributed by atoms with Crippen molar-refractivity contribution in [3.8, 4) is 0 Å². The second-order valence-electron chi connectivity index (χ2n) is 8.98. The molecule has 0 bridgehead atoms. The van der Waals surface area contributed by atoms with E-state index in [1.165, 1.54) is 17.0 Å². The second kappa shape index (κ2) is 14.6. The van der Waals surface area contributed by atoms with Crippen molar-refractivity contribution in [2.45, 2.75) is 13.0 Å². The molecule has 0 aliphatic carbocycles. The smallest absolute Gasteiger partial charge is 0.285 e. The van der Waals surface area contributed by atoms with Crippen molar-refractivity contribution in [3.63, 3.8) is 0 Å². The van der Waals surface area contributed by atoms with E-state index in [0.717, 1.165) is 22.9 Å². The van der Waals surface area contributed by atoms with Crippen molar-refractivity contribution in [1.29, 1.82) is 0 Å². The maximum Gasteiger partial charge on any atom is 0.285 e. The number of nitrogens with zero attached hydrogens (tertiary/aromatic N) is 2. The predicted molar refractivity (Wildman–Crippen MR) is 172 cm³/mol. The fraction of sp³-hybridized carbons (Fsp3) is 0.0909. The number of thioether (sulfide) groups is 1. The topological polar surface area (TPSA) is 78.8 Å². The largest absolute Gasteiger partial charge is 0.344 e. The van der Waals surface area contributed by atoms with Crippen molar-refractivity contribution in [3.05, 3.63) is 148 Å². The number of rotatable bonds is 9. The van der Waals surface area contributed by atoms with E-state index in [0.29, 0.717) is 16.3 Å². The van der Waals surface area contributed by atoms with Gasteiger partial charge in [-0.1, -0.05) is 127 Å². The van der Waals surface area contributed by atoms with Crippen LogP contribution >= 0.6 is 35.0 Å². The molecule has 0 saturated carbocycles. The summed E-state index contributed by atoms with van der Waals surface area (Å²) in [5.74, 6) is -1.72. The highest BCUT2D eigenvalue weighted by Crippen LogP contribution is 2.29. The molecule has 0 aromatic heterocycles. The monoisotopic (exact) mass is 615 g/mol. The molecule has 1 aliphatic heterocycles. The van der Waals surface area contributed by atoms with E-state index in [-0.39, 0.29) is 33.5 Å². The summed E-state index contributed by atoms with van der Waals surface area (Å²) in [6, 6.07) is 23.6. The molecule has 3 aromatic rings. The van der Waals surface area contributed by atoms with Crippen LogP contribution in [0, 0.1) is 0 Å². The summed E-state index contributed by atoms with van der Waals surface area (Å²) in [5.41, 5.74) is 2.57. The number of amidine groups is 1. The van der Waals surface area contributed by atoms with Crippen LogP contribution in [0.5, 0.6) is 0 Å². The molecular formula is C33H27Cl2N3O3S. The molecule has 0 unspecified atom stereocenters. The van der Waals surface area contributed by atoms with E-state index in [1.807, 2.05) is 60.7 Å². The van der Waals surface area contributed by atoms with E-state index in [1.54, 1.807) is 43.4 Å². The summed E-state index contributed by atoms with van der Waals surface area (Å²) in [6.45, 7) is 5.45. The molecule has 1 aliphatic rings. The summed E-state index contributed by atoms with van der Waals surface area (Å²) in [5, 5.41) is 3.86. The summed E-state index contributed by atoms with van der Waals surface area (Å²) in [6.07, 6.45) is 8.00. The summed E-state index contributed by atoms with van der Waals surface area (Å²) in [7, 11) is 0. The van der Waals surface area contributed by atoms with Gasteiger partial charge in [-0.3, -0.25) is 19.3 Å². The third kappa shape index (κ3) is 7.56. The zero-order chi connectivity index (χ0) is 30.1. The van der Waals surface area contributed by atoms with E-state index in [2.05, 4.69) is 16.9 Å². The third-order valence-electron chi connectivity index (χ3n) is 6.18. The normalized spacial score (nSPS) is 15.0. The molecule has 4 rings (SSSR count). The average molecular weight is 617 g/mol. The maximum atomic E-state index is 13.8. The number of benzene rings is 3. The van der Waals surface area contributed by atoms with Crippen LogP contribution < -0.4 is 5.32 Å². The van der Waals surface area contributed by atoms with Gasteiger partial charge in [0.1, 0.15) is 5.57 Å². The minimum absolute atomic E-state index is 0.0808. The number of hydrogen-bond acceptors (Lipinski definition) is 4. The third-order valence-corrected chi connectivity index (χ3v) is 7.68. The van der Waals surface area contributed by atoms with Gasteiger partial charge in [-0.05, 0) is 47.9 Å². The van der Waals surface area contributed by atoms with Crippen LogP contribution in [-0.4, -0.2) is 33.5 Å². The Kier molecular flexibility index (Phi) is 10.7. The first-order valence-electron chi connectivity index (χ1n) is 12.9. The first-order chi connectivity index (χ1) is 20.3. The van der Waals surface area contributed by atoms with Crippen molar-refractivity contribution < 1.29 is 14.4 Å². The van der Waals surface area contributed by atoms with Crippen LogP contribution in [0.2, 0.25) is 10.0 Å². The molecule has 3 aromatic carbocycles. The van der Waals surface area contributed by atoms with E-state index in [9.17, 15) is 14.4 Å². The van der Waals surface area contributed by atoms with Gasteiger partial charge in [-0.15, -0.1) is 0 Å². The van der Waals surface area contributed by atoms with Crippen LogP contribution in [-0.2, 0) is 14.4 Å². The second-order valence-corrected chi connectivity index (χ2v) is 10.8. The number of aliphatic imine (C=N–C) groups is 1. The average Bonchev–Trinajstić information content (AvgIpc) is 3.00. The molecule has 0 fully saturated rings. The Bertz CT molecular complexity index is 1580. The predicted octanol–water partition coefficient (Wildman–Crippen LogP) is 7.39. The molecule has 0 radical (unpaired) electrons. The SMILES string of the molecule is C=C/C=C\C(=C/C)N1C(=O)/C(=C/c2ccc(Cl)cc2Cl)C(=O)N=C1SCC(=O)NC(c1ccccc1)c1ccccc1. The number of nitrogens with one attached hydrogen (secondary N) is 1. The molecule has 9 heteroatoms. The number of allylic oxidation sites excluding steroid dienone is 4. The van der Waals surface area contributed by atoms with E-state index < -0.39 is 11.8 Å². The molecule has 3 amide bonds. The van der Waals surface area contributed by atoms with Crippen LogP contribution in [0.25, 0.3) is 6.08 Å². The fourth-order valence-corrected chi connectivity index (χ4v) is 5.44. The number of halogens is 2. The Morgan fingerprint density at radius 1 is 1.02 bits per heavy atom. The van der Waals surface area contributed by atoms with Gasteiger partial charge in [-0.2, -0.15) is 4.99 Å². The standard InChI is InChI=1S/C33H27Cl2N3O3S/c1-3-5-16-26(4-2)38-32(41)27(19-24-17-18-25(34)20-28(24)35)31(40)37-33(38)42-21-29(39)36-30(22-12-8-6-9-13-22)23-14-10-7-11-15-23/h3-20,30H,1,21H2,2H3,(H,36,39)/b16-5-,26-4+,27-19+. The quantitative estimate of drug-likeness (QED) is 0.155. The van der Waals surface area contributed by atoms with Crippen LogP contribution in [0.3, 0.4) is 0 Å². The van der Waals surface area contributed by atoms with E-state index in [4.69, 9.17) is 23.2 Å². The van der Waals surface area contributed by atoms with Crippen molar-refractivity contribution in [1.82, 2.24) is 10.2 Å². The van der Waals surface area contributed by atoms with Gasteiger partial charge < -0.3 is 5.32 Å². The Morgan fingerprint density at radius 3 is 2.24 bits per heavy atom. The summed E-state index contributed by atoms with van der Waals surface area (Å²) >= 11 is 13.3. The molecular weight excluding hydrogens is 589 g/mol. The molecule has 6 nitrogen and oxygen atoms in total. The van der Waals surface area contributed by atoms with Gasteiger partial charge in [-0.25, -0.2) is 0 Å². The van der Waals surface area contributed by atoms with Gasteiger partial charge in [0.05, 0.1) is 11.8 Å². The van der Waals surface area contributed by atoms with Gasteiger partial charge >= 0.3 is 0 Å². The lowest BCUT2D eigenvalue weighted by Gasteiger charge is -2.28. The van der Waals surface area contributed by atoms with Gasteiger partial charge in [0.2, 0.25) is 5.91 Å². The van der Waals surface area contributed by atoms with Gasteiger partial charge in [0, 0.05) is 15.7 Å². The lowest BCUT2D eigenvalue weighted by Crippen LogP contribution is -2.42. The highest BCUT2D eigenvalue weighted by molar-refractivity contribution is 8.14. The first-order valence-corrected chi connectivity index (χ1v) is 14.7. The lowest BCUT2D eigenvalue weighted by atomic mass is 9.99. The number of hydrogen-bond donors (Lipinski definition) is 1. The number of amides is 3. The van der Waals surface area contributed by atoms with Crippen LogP contribution in [0.4, 0.5) is 0 Å². The molecule has 1 heterocycles. The highest BCUT2D eigenvalue weighted by Gasteiger charge is 2.35. The minimum atomic E-state index is -0.736. The molecule has 1 N–H and O–H groups in total. The van der Waals surface area contributed by atoms with E-state index >= 15 is 0 Å². The van der Waals surface area contributed by atoms with Gasteiger partial charge in [0.15, 0.2) is 5.17 Å². The Morgan fingerprint density at radius 2 is 1.67 bits per heavy atom.